The molecule has 116 valence electrons. The van der Waals surface area contributed by atoms with Crippen LogP contribution in [0.5, 0.6) is 0 Å². The van der Waals surface area contributed by atoms with Gasteiger partial charge in [-0.15, -0.1) is 0 Å². The third kappa shape index (κ3) is 3.71. The minimum atomic E-state index is -0.135. The molecule has 1 spiro atoms. The fourth-order valence-corrected chi connectivity index (χ4v) is 3.33. The third-order valence-electron chi connectivity index (χ3n) is 4.66. The second-order valence-electron chi connectivity index (χ2n) is 6.15. The number of nitrogens with zero attached hydrogens (tertiary/aromatic N) is 1. The highest BCUT2D eigenvalue weighted by Gasteiger charge is 2.40. The number of hydrogen-bond acceptors (Lipinski definition) is 5. The molecule has 2 unspecified atom stereocenters. The smallest absolute Gasteiger partial charge is 0.309 e. The van der Waals surface area contributed by atoms with Crippen molar-refractivity contribution in [3.8, 4) is 0 Å². The van der Waals surface area contributed by atoms with Gasteiger partial charge in [0.2, 0.25) is 0 Å². The van der Waals surface area contributed by atoms with E-state index in [0.29, 0.717) is 6.04 Å². The quantitative estimate of drug-likeness (QED) is 0.732. The standard InChI is InChI=1S/C15H27NO4/c1-12(14(17)18-3)11-16(2)13-4-7-20-15(10-13)5-8-19-9-6-15/h12-13H,4-11H2,1-3H3. The molecule has 2 heterocycles. The summed E-state index contributed by atoms with van der Waals surface area (Å²) in [5.74, 6) is -0.219. The van der Waals surface area contributed by atoms with Gasteiger partial charge in [-0.3, -0.25) is 4.79 Å². The van der Waals surface area contributed by atoms with Crippen molar-refractivity contribution in [1.82, 2.24) is 4.90 Å². The summed E-state index contributed by atoms with van der Waals surface area (Å²) < 4.78 is 16.3. The van der Waals surface area contributed by atoms with Gasteiger partial charge in [-0.1, -0.05) is 6.92 Å². The molecular formula is C15H27NO4. The number of hydrogen-bond donors (Lipinski definition) is 0. The van der Waals surface area contributed by atoms with E-state index in [4.69, 9.17) is 14.2 Å². The Morgan fingerprint density at radius 3 is 2.75 bits per heavy atom. The van der Waals surface area contributed by atoms with Crippen molar-refractivity contribution in [2.45, 2.75) is 44.2 Å². The maximum absolute atomic E-state index is 11.5. The SMILES string of the molecule is COC(=O)C(C)CN(C)C1CCOC2(CCOCC2)C1. The van der Waals surface area contributed by atoms with Gasteiger partial charge in [0.15, 0.2) is 0 Å². The van der Waals surface area contributed by atoms with E-state index in [1.165, 1.54) is 7.11 Å². The average molecular weight is 285 g/mol. The van der Waals surface area contributed by atoms with Crippen molar-refractivity contribution in [3.63, 3.8) is 0 Å². The topological polar surface area (TPSA) is 48.0 Å². The second kappa shape index (κ2) is 6.87. The number of esters is 1. The molecular weight excluding hydrogens is 258 g/mol. The van der Waals surface area contributed by atoms with Crippen LogP contribution in [0, 0.1) is 5.92 Å². The third-order valence-corrected chi connectivity index (χ3v) is 4.66. The van der Waals surface area contributed by atoms with Crippen LogP contribution in [0.2, 0.25) is 0 Å². The first kappa shape index (κ1) is 15.7. The first-order valence-corrected chi connectivity index (χ1v) is 7.56. The van der Waals surface area contributed by atoms with Crippen LogP contribution in [0.25, 0.3) is 0 Å². The molecule has 2 fully saturated rings. The van der Waals surface area contributed by atoms with E-state index in [2.05, 4.69) is 11.9 Å². The van der Waals surface area contributed by atoms with E-state index in [-0.39, 0.29) is 17.5 Å². The van der Waals surface area contributed by atoms with Gasteiger partial charge in [0.05, 0.1) is 18.6 Å². The van der Waals surface area contributed by atoms with Gasteiger partial charge in [-0.2, -0.15) is 0 Å². The lowest BCUT2D eigenvalue weighted by atomic mass is 9.83. The summed E-state index contributed by atoms with van der Waals surface area (Å²) in [4.78, 5) is 13.8. The van der Waals surface area contributed by atoms with E-state index in [9.17, 15) is 4.79 Å². The molecule has 0 amide bonds. The molecule has 5 nitrogen and oxygen atoms in total. The fourth-order valence-electron chi connectivity index (χ4n) is 3.33. The largest absolute Gasteiger partial charge is 0.469 e. The molecule has 0 saturated carbocycles. The molecule has 0 bridgehead atoms. The maximum Gasteiger partial charge on any atom is 0.309 e. The van der Waals surface area contributed by atoms with Gasteiger partial charge in [0, 0.05) is 32.4 Å². The molecule has 2 rings (SSSR count). The zero-order chi connectivity index (χ0) is 14.6. The number of carbonyl (C=O) groups excluding carboxylic acids is 1. The Labute approximate surface area is 121 Å². The Balaban J connectivity index is 1.89. The molecule has 2 aliphatic heterocycles. The zero-order valence-electron chi connectivity index (χ0n) is 12.9. The van der Waals surface area contributed by atoms with Crippen LogP contribution in [-0.4, -0.2) is 63.0 Å². The summed E-state index contributed by atoms with van der Waals surface area (Å²) in [5, 5.41) is 0. The molecule has 20 heavy (non-hydrogen) atoms. The number of rotatable bonds is 4. The second-order valence-corrected chi connectivity index (χ2v) is 6.15. The zero-order valence-corrected chi connectivity index (χ0v) is 12.9. The predicted molar refractivity (Wildman–Crippen MR) is 75.6 cm³/mol. The highest BCUT2D eigenvalue weighted by atomic mass is 16.5. The van der Waals surface area contributed by atoms with Gasteiger partial charge >= 0.3 is 5.97 Å². The molecule has 0 aromatic carbocycles. The Kier molecular flexibility index (Phi) is 5.41. The van der Waals surface area contributed by atoms with Crippen molar-refractivity contribution in [2.75, 3.05) is 40.5 Å². The summed E-state index contributed by atoms with van der Waals surface area (Å²) in [6.45, 7) is 5.07. The fraction of sp³-hybridized carbons (Fsp3) is 0.933. The van der Waals surface area contributed by atoms with E-state index in [1.807, 2.05) is 6.92 Å². The summed E-state index contributed by atoms with van der Waals surface area (Å²) in [7, 11) is 3.55. The summed E-state index contributed by atoms with van der Waals surface area (Å²) in [6, 6.07) is 0.481. The first-order valence-electron chi connectivity index (χ1n) is 7.56. The van der Waals surface area contributed by atoms with Crippen molar-refractivity contribution in [3.05, 3.63) is 0 Å². The monoisotopic (exact) mass is 285 g/mol. The highest BCUT2D eigenvalue weighted by molar-refractivity contribution is 5.72. The van der Waals surface area contributed by atoms with E-state index >= 15 is 0 Å². The van der Waals surface area contributed by atoms with Crippen molar-refractivity contribution in [1.29, 1.82) is 0 Å². The van der Waals surface area contributed by atoms with Crippen molar-refractivity contribution >= 4 is 5.97 Å². The van der Waals surface area contributed by atoms with Crippen molar-refractivity contribution in [2.24, 2.45) is 5.92 Å². The molecule has 2 saturated heterocycles. The van der Waals surface area contributed by atoms with E-state index in [0.717, 1.165) is 52.0 Å². The van der Waals surface area contributed by atoms with Crippen LogP contribution < -0.4 is 0 Å². The van der Waals surface area contributed by atoms with E-state index in [1.54, 1.807) is 0 Å². The average Bonchev–Trinajstić information content (AvgIpc) is 2.47. The normalized spacial score (nSPS) is 27.5. The van der Waals surface area contributed by atoms with Crippen LogP contribution in [0.3, 0.4) is 0 Å². The number of ether oxygens (including phenoxy) is 3. The predicted octanol–water partition coefficient (Wildman–Crippen LogP) is 1.46. The highest BCUT2D eigenvalue weighted by Crippen LogP contribution is 2.35. The van der Waals surface area contributed by atoms with Crippen molar-refractivity contribution < 1.29 is 19.0 Å². The van der Waals surface area contributed by atoms with Crippen LogP contribution in [-0.2, 0) is 19.0 Å². The maximum atomic E-state index is 11.5. The Hall–Kier alpha value is -0.650. The van der Waals surface area contributed by atoms with Gasteiger partial charge in [0.25, 0.3) is 0 Å². The van der Waals surface area contributed by atoms with Crippen LogP contribution in [0.4, 0.5) is 0 Å². The summed E-state index contributed by atoms with van der Waals surface area (Å²) in [6.07, 6.45) is 4.06. The molecule has 0 aromatic rings. The molecule has 0 radical (unpaired) electrons. The molecule has 2 atom stereocenters. The van der Waals surface area contributed by atoms with Gasteiger partial charge < -0.3 is 19.1 Å². The van der Waals surface area contributed by atoms with Gasteiger partial charge in [-0.25, -0.2) is 0 Å². The number of methoxy groups -OCH3 is 1. The lowest BCUT2D eigenvalue weighted by Crippen LogP contribution is -2.51. The van der Waals surface area contributed by atoms with Gasteiger partial charge in [0.1, 0.15) is 0 Å². The van der Waals surface area contributed by atoms with Gasteiger partial charge in [-0.05, 0) is 32.7 Å². The molecule has 5 heteroatoms. The van der Waals surface area contributed by atoms with E-state index < -0.39 is 0 Å². The summed E-state index contributed by atoms with van der Waals surface area (Å²) >= 11 is 0. The summed E-state index contributed by atoms with van der Waals surface area (Å²) in [5.41, 5.74) is 0.00390. The lowest BCUT2D eigenvalue weighted by Gasteiger charge is -2.45. The minimum Gasteiger partial charge on any atom is -0.469 e. The molecule has 0 aliphatic carbocycles. The first-order chi connectivity index (χ1) is 9.56. The lowest BCUT2D eigenvalue weighted by molar-refractivity contribution is -0.153. The Morgan fingerprint density at radius 1 is 1.40 bits per heavy atom. The van der Waals surface area contributed by atoms with Crippen LogP contribution >= 0.6 is 0 Å². The Bertz CT molecular complexity index is 322. The molecule has 0 N–H and O–H groups in total. The number of carbonyl (C=O) groups is 1. The molecule has 0 aromatic heterocycles. The Morgan fingerprint density at radius 2 is 2.10 bits per heavy atom. The molecule has 2 aliphatic rings. The van der Waals surface area contributed by atoms with Crippen LogP contribution in [0.1, 0.15) is 32.6 Å². The van der Waals surface area contributed by atoms with Crippen LogP contribution in [0.15, 0.2) is 0 Å². The minimum absolute atomic E-state index is 0.00390.